The number of anilines is 1. The summed E-state index contributed by atoms with van der Waals surface area (Å²) in [5.41, 5.74) is 0.980. The van der Waals surface area contributed by atoms with Crippen LogP contribution in [0.15, 0.2) is 41.3 Å². The summed E-state index contributed by atoms with van der Waals surface area (Å²) < 4.78 is 21.8. The fourth-order valence-corrected chi connectivity index (χ4v) is 5.02. The Kier molecular flexibility index (Phi) is 9.91. The molecule has 0 saturated carbocycles. The lowest BCUT2D eigenvalue weighted by atomic mass is 10.2. The standard InChI is InChI=1S/C27H28ClN3O8S/c1-3-38-22-12-17(4-6-21(22)39-16-25(33)30-8-10-37-11-9-30)13-23-26(34)31(27(35)40-23)15-24(32)29-18-5-7-20(36-2)19(28)14-18/h4-7,12-14H,3,8-11,15-16H2,1-2H3,(H,29,32)/b23-13-. The summed E-state index contributed by atoms with van der Waals surface area (Å²) in [5.74, 6) is -0.0809. The van der Waals surface area contributed by atoms with E-state index < -0.39 is 23.6 Å². The fourth-order valence-electron chi connectivity index (χ4n) is 3.92. The van der Waals surface area contributed by atoms with Crippen LogP contribution < -0.4 is 19.5 Å². The number of nitrogens with zero attached hydrogens (tertiary/aromatic N) is 2. The number of rotatable bonds is 10. The monoisotopic (exact) mass is 589 g/mol. The Hall–Kier alpha value is -3.74. The minimum Gasteiger partial charge on any atom is -0.495 e. The molecular weight excluding hydrogens is 562 g/mol. The normalized spacial score (nSPS) is 16.3. The average molecular weight is 590 g/mol. The van der Waals surface area contributed by atoms with Crippen molar-refractivity contribution in [1.29, 1.82) is 0 Å². The van der Waals surface area contributed by atoms with Crippen LogP contribution in [0.4, 0.5) is 10.5 Å². The van der Waals surface area contributed by atoms with Crippen LogP contribution in [0.25, 0.3) is 6.08 Å². The molecule has 0 bridgehead atoms. The smallest absolute Gasteiger partial charge is 0.294 e. The molecule has 2 aromatic rings. The van der Waals surface area contributed by atoms with Crippen molar-refractivity contribution in [2.24, 2.45) is 0 Å². The number of carbonyl (C=O) groups excluding carboxylic acids is 4. The molecular formula is C27H28ClN3O8S. The molecule has 2 fully saturated rings. The molecule has 0 atom stereocenters. The van der Waals surface area contributed by atoms with Gasteiger partial charge in [-0.2, -0.15) is 0 Å². The van der Waals surface area contributed by atoms with Crippen molar-refractivity contribution in [3.63, 3.8) is 0 Å². The number of nitrogens with one attached hydrogen (secondary N) is 1. The highest BCUT2D eigenvalue weighted by Gasteiger charge is 2.36. The summed E-state index contributed by atoms with van der Waals surface area (Å²) in [6.07, 6.45) is 1.54. The van der Waals surface area contributed by atoms with Crippen molar-refractivity contribution in [3.05, 3.63) is 51.9 Å². The zero-order chi connectivity index (χ0) is 28.6. The van der Waals surface area contributed by atoms with Gasteiger partial charge in [-0.05, 0) is 60.7 Å². The minimum absolute atomic E-state index is 0.150. The van der Waals surface area contributed by atoms with Gasteiger partial charge in [-0.25, -0.2) is 0 Å². The van der Waals surface area contributed by atoms with Crippen molar-refractivity contribution in [1.82, 2.24) is 9.80 Å². The molecule has 2 heterocycles. The number of imide groups is 1. The second kappa shape index (κ2) is 13.6. The first kappa shape index (κ1) is 29.2. The number of morpholine rings is 1. The Bertz CT molecular complexity index is 1330. The van der Waals surface area contributed by atoms with Crippen LogP contribution in [0.5, 0.6) is 17.2 Å². The van der Waals surface area contributed by atoms with E-state index in [9.17, 15) is 19.2 Å². The number of halogens is 1. The minimum atomic E-state index is -0.590. The van der Waals surface area contributed by atoms with E-state index in [0.29, 0.717) is 66.4 Å². The van der Waals surface area contributed by atoms with Gasteiger partial charge in [0.15, 0.2) is 18.1 Å². The molecule has 2 aromatic carbocycles. The van der Waals surface area contributed by atoms with Gasteiger partial charge in [0.25, 0.3) is 17.1 Å². The third-order valence-electron chi connectivity index (χ3n) is 5.89. The van der Waals surface area contributed by atoms with Crippen LogP contribution in [0.2, 0.25) is 5.02 Å². The SMILES string of the molecule is CCOc1cc(/C=C2\SC(=O)N(CC(=O)Nc3ccc(OC)c(Cl)c3)C2=O)ccc1OCC(=O)N1CCOCC1. The van der Waals surface area contributed by atoms with Crippen molar-refractivity contribution in [2.75, 3.05) is 58.5 Å². The lowest BCUT2D eigenvalue weighted by molar-refractivity contribution is -0.137. The van der Waals surface area contributed by atoms with Crippen molar-refractivity contribution >= 4 is 58.1 Å². The van der Waals surface area contributed by atoms with Crippen molar-refractivity contribution < 1.29 is 38.1 Å². The van der Waals surface area contributed by atoms with E-state index in [1.54, 1.807) is 35.2 Å². The zero-order valence-corrected chi connectivity index (χ0v) is 23.5. The molecule has 212 valence electrons. The Morgan fingerprint density at radius 1 is 1.07 bits per heavy atom. The lowest BCUT2D eigenvalue weighted by Gasteiger charge is -2.26. The molecule has 11 nitrogen and oxygen atoms in total. The number of amides is 4. The highest BCUT2D eigenvalue weighted by molar-refractivity contribution is 8.18. The molecule has 40 heavy (non-hydrogen) atoms. The van der Waals surface area contributed by atoms with Crippen molar-refractivity contribution in [3.8, 4) is 17.2 Å². The first-order chi connectivity index (χ1) is 19.3. The van der Waals surface area contributed by atoms with Gasteiger partial charge in [0.05, 0.1) is 36.9 Å². The first-order valence-corrected chi connectivity index (χ1v) is 13.6. The van der Waals surface area contributed by atoms with Gasteiger partial charge in [-0.15, -0.1) is 0 Å². The molecule has 1 N–H and O–H groups in total. The van der Waals surface area contributed by atoms with Crippen LogP contribution in [0.3, 0.4) is 0 Å². The predicted molar refractivity (Wildman–Crippen MR) is 150 cm³/mol. The second-order valence-corrected chi connectivity index (χ2v) is 9.99. The summed E-state index contributed by atoms with van der Waals surface area (Å²) in [6, 6.07) is 9.68. The second-order valence-electron chi connectivity index (χ2n) is 8.59. The number of methoxy groups -OCH3 is 1. The van der Waals surface area contributed by atoms with Gasteiger partial charge in [-0.3, -0.25) is 24.1 Å². The van der Waals surface area contributed by atoms with Gasteiger partial charge in [-0.1, -0.05) is 17.7 Å². The van der Waals surface area contributed by atoms with Gasteiger partial charge in [0.1, 0.15) is 12.3 Å². The molecule has 0 spiro atoms. The van der Waals surface area contributed by atoms with E-state index in [1.807, 2.05) is 6.92 Å². The highest BCUT2D eigenvalue weighted by atomic mass is 35.5. The van der Waals surface area contributed by atoms with Crippen molar-refractivity contribution in [2.45, 2.75) is 6.92 Å². The molecule has 0 unspecified atom stereocenters. The molecule has 0 aromatic heterocycles. The Labute approximate surface area is 240 Å². The first-order valence-electron chi connectivity index (χ1n) is 12.4. The number of carbonyl (C=O) groups is 4. The summed E-state index contributed by atoms with van der Waals surface area (Å²) >= 11 is 6.82. The fraction of sp³-hybridized carbons (Fsp3) is 0.333. The summed E-state index contributed by atoms with van der Waals surface area (Å²) in [7, 11) is 1.47. The van der Waals surface area contributed by atoms with Crippen LogP contribution in [-0.2, 0) is 19.1 Å². The summed E-state index contributed by atoms with van der Waals surface area (Å²) in [4.78, 5) is 53.2. The average Bonchev–Trinajstić information content (AvgIpc) is 3.20. The van der Waals surface area contributed by atoms with E-state index in [1.165, 1.54) is 19.3 Å². The van der Waals surface area contributed by atoms with E-state index in [0.717, 1.165) is 16.7 Å². The zero-order valence-electron chi connectivity index (χ0n) is 21.9. The molecule has 2 saturated heterocycles. The Morgan fingerprint density at radius 2 is 1.82 bits per heavy atom. The van der Waals surface area contributed by atoms with Gasteiger partial charge in [0, 0.05) is 18.8 Å². The maximum atomic E-state index is 12.9. The third-order valence-corrected chi connectivity index (χ3v) is 7.09. The third kappa shape index (κ3) is 7.26. The van der Waals surface area contributed by atoms with Crippen LogP contribution >= 0.6 is 23.4 Å². The van der Waals surface area contributed by atoms with Gasteiger partial charge >= 0.3 is 0 Å². The van der Waals surface area contributed by atoms with Crippen LogP contribution in [0, 0.1) is 0 Å². The molecule has 13 heteroatoms. The van der Waals surface area contributed by atoms with E-state index in [4.69, 9.17) is 30.5 Å². The molecule has 2 aliphatic rings. The molecule has 4 rings (SSSR count). The Balaban J connectivity index is 1.40. The number of hydrogen-bond acceptors (Lipinski definition) is 9. The molecule has 4 amide bonds. The number of thioether (sulfide) groups is 1. The topological polar surface area (TPSA) is 124 Å². The molecule has 2 aliphatic heterocycles. The van der Waals surface area contributed by atoms with E-state index in [-0.39, 0.29) is 17.4 Å². The highest BCUT2D eigenvalue weighted by Crippen LogP contribution is 2.35. The Morgan fingerprint density at radius 3 is 2.52 bits per heavy atom. The number of hydrogen-bond donors (Lipinski definition) is 1. The summed E-state index contributed by atoms with van der Waals surface area (Å²) in [5, 5.41) is 2.36. The maximum Gasteiger partial charge on any atom is 0.294 e. The molecule has 0 aliphatic carbocycles. The number of ether oxygens (including phenoxy) is 4. The van der Waals surface area contributed by atoms with Gasteiger partial charge < -0.3 is 29.2 Å². The molecule has 0 radical (unpaired) electrons. The van der Waals surface area contributed by atoms with Crippen LogP contribution in [0.1, 0.15) is 12.5 Å². The van der Waals surface area contributed by atoms with E-state index in [2.05, 4.69) is 5.32 Å². The maximum absolute atomic E-state index is 12.9. The van der Waals surface area contributed by atoms with E-state index >= 15 is 0 Å². The van der Waals surface area contributed by atoms with Crippen LogP contribution in [-0.4, -0.2) is 85.9 Å². The summed E-state index contributed by atoms with van der Waals surface area (Å²) in [6.45, 7) is 3.59. The van der Waals surface area contributed by atoms with Gasteiger partial charge in [0.2, 0.25) is 5.91 Å². The predicted octanol–water partition coefficient (Wildman–Crippen LogP) is 3.66. The largest absolute Gasteiger partial charge is 0.495 e. The quantitative estimate of drug-likeness (QED) is 0.413. The number of benzene rings is 2. The lowest BCUT2D eigenvalue weighted by Crippen LogP contribution is -2.43.